The molecule has 0 aromatic carbocycles. The minimum atomic E-state index is -0.653. The predicted molar refractivity (Wildman–Crippen MR) is 110 cm³/mol. The molecule has 9 nitrogen and oxygen atoms in total. The van der Waals surface area contributed by atoms with Gasteiger partial charge in [0.15, 0.2) is 0 Å². The molecule has 0 saturated carbocycles. The highest BCUT2D eigenvalue weighted by atomic mass is 32.1. The van der Waals surface area contributed by atoms with Gasteiger partial charge in [-0.05, 0) is 37.5 Å². The Bertz CT molecular complexity index is 1020. The number of hydrogen-bond acceptors (Lipinski definition) is 6. The summed E-state index contributed by atoms with van der Waals surface area (Å²) in [6.07, 6.45) is 2.88. The van der Waals surface area contributed by atoms with E-state index in [4.69, 9.17) is 0 Å². The number of pyridine rings is 1. The zero-order chi connectivity index (χ0) is 21.3. The molecule has 2 aromatic rings. The van der Waals surface area contributed by atoms with Crippen LogP contribution in [0, 0.1) is 6.92 Å². The molecule has 4 rings (SSSR count). The number of aromatic nitrogens is 1. The molecule has 2 aromatic heterocycles. The monoisotopic (exact) mass is 427 g/mol. The number of nitrogens with zero attached hydrogens (tertiary/aromatic N) is 2. The lowest BCUT2D eigenvalue weighted by Gasteiger charge is -2.25. The van der Waals surface area contributed by atoms with Crippen molar-refractivity contribution < 1.29 is 19.2 Å². The van der Waals surface area contributed by atoms with Crippen molar-refractivity contribution in [1.29, 1.82) is 0 Å². The van der Waals surface area contributed by atoms with Crippen LogP contribution in [0.25, 0.3) is 0 Å². The van der Waals surface area contributed by atoms with Crippen LogP contribution in [-0.2, 0) is 22.7 Å². The van der Waals surface area contributed by atoms with Crippen molar-refractivity contribution in [3.05, 3.63) is 45.4 Å². The second kappa shape index (κ2) is 8.23. The van der Waals surface area contributed by atoms with Gasteiger partial charge in [0, 0.05) is 28.9 Å². The Morgan fingerprint density at radius 2 is 2.17 bits per heavy atom. The van der Waals surface area contributed by atoms with Crippen LogP contribution in [0.15, 0.2) is 23.7 Å². The molecule has 1 fully saturated rings. The third-order valence-electron chi connectivity index (χ3n) is 5.20. The fraction of sp³-hybridized carbons (Fsp3) is 0.350. The van der Waals surface area contributed by atoms with Gasteiger partial charge in [-0.2, -0.15) is 0 Å². The molecule has 0 bridgehead atoms. The van der Waals surface area contributed by atoms with E-state index >= 15 is 0 Å². The van der Waals surface area contributed by atoms with Gasteiger partial charge in [-0.3, -0.25) is 24.7 Å². The fourth-order valence-corrected chi connectivity index (χ4v) is 4.59. The van der Waals surface area contributed by atoms with Crippen LogP contribution in [0.1, 0.15) is 45.8 Å². The fourth-order valence-electron chi connectivity index (χ4n) is 3.62. The number of nitrogens with one attached hydrogen (secondary N) is 3. The van der Waals surface area contributed by atoms with Crippen LogP contribution < -0.4 is 16.0 Å². The number of imide groups is 1. The Labute approximate surface area is 176 Å². The predicted octanol–water partition coefficient (Wildman–Crippen LogP) is 1.92. The Morgan fingerprint density at radius 3 is 2.93 bits per heavy atom. The van der Waals surface area contributed by atoms with Crippen LogP contribution in [-0.4, -0.2) is 39.7 Å². The van der Waals surface area contributed by atoms with Crippen molar-refractivity contribution in [3.8, 4) is 0 Å². The molecule has 10 heteroatoms. The van der Waals surface area contributed by atoms with E-state index in [1.54, 1.807) is 23.7 Å². The number of urea groups is 1. The van der Waals surface area contributed by atoms with Crippen LogP contribution in [0.3, 0.4) is 0 Å². The van der Waals surface area contributed by atoms with Gasteiger partial charge < -0.3 is 15.5 Å². The summed E-state index contributed by atoms with van der Waals surface area (Å²) in [7, 11) is 0. The maximum atomic E-state index is 12.8. The van der Waals surface area contributed by atoms with Crippen molar-refractivity contribution in [2.45, 2.75) is 45.3 Å². The summed E-state index contributed by atoms with van der Waals surface area (Å²) in [4.78, 5) is 55.4. The minimum Gasteiger partial charge on any atom is -0.333 e. The third-order valence-corrected chi connectivity index (χ3v) is 6.23. The van der Waals surface area contributed by atoms with Gasteiger partial charge >= 0.3 is 6.03 Å². The summed E-state index contributed by atoms with van der Waals surface area (Å²) >= 11 is 1.40. The topological polar surface area (TPSA) is 120 Å². The first kappa shape index (κ1) is 20.0. The molecular formula is C20H21N5O4S. The number of carbonyl (C=O) groups is 4. The Balaban J connectivity index is 1.40. The first-order chi connectivity index (χ1) is 14.4. The number of anilines is 1. The lowest BCUT2D eigenvalue weighted by molar-refractivity contribution is -0.132. The van der Waals surface area contributed by atoms with Crippen molar-refractivity contribution in [1.82, 2.24) is 20.5 Å². The van der Waals surface area contributed by atoms with E-state index < -0.39 is 11.9 Å². The summed E-state index contributed by atoms with van der Waals surface area (Å²) in [5, 5.41) is 9.62. The number of thiophene rings is 1. The normalized spacial score (nSPS) is 18.6. The largest absolute Gasteiger partial charge is 0.333 e. The number of rotatable bonds is 4. The molecule has 0 unspecified atom stereocenters. The van der Waals surface area contributed by atoms with Crippen LogP contribution in [0.2, 0.25) is 0 Å². The number of aryl methyl sites for hydroxylation is 1. The third kappa shape index (κ3) is 4.04. The molecule has 1 atom stereocenters. The lowest BCUT2D eigenvalue weighted by Crippen LogP contribution is -2.47. The molecule has 1 saturated heterocycles. The standard InChI is InChI=1S/C20H21N5O4S/c1-11-5-6-12(7-21-11)23-20(29)22-8-16-13-9-25(19(28)14(13)10-30-16)15-3-2-4-17(26)24-18(15)27/h5-7,10,15H,2-4,8-9H2,1H3,(H2,22,23,29)(H,24,26,27)/t15-/m0/s1. The highest BCUT2D eigenvalue weighted by molar-refractivity contribution is 7.10. The van der Waals surface area contributed by atoms with Gasteiger partial charge in [-0.1, -0.05) is 0 Å². The van der Waals surface area contributed by atoms with Gasteiger partial charge in [-0.25, -0.2) is 4.79 Å². The number of hydrogen-bond donors (Lipinski definition) is 3. The molecule has 2 aliphatic rings. The quantitative estimate of drug-likeness (QED) is 0.644. The highest BCUT2D eigenvalue weighted by Gasteiger charge is 2.39. The van der Waals surface area contributed by atoms with Gasteiger partial charge in [-0.15, -0.1) is 11.3 Å². The maximum absolute atomic E-state index is 12.8. The Hall–Kier alpha value is -3.27. The second-order valence-electron chi connectivity index (χ2n) is 7.30. The summed E-state index contributed by atoms with van der Waals surface area (Å²) < 4.78 is 0. The molecule has 2 aliphatic heterocycles. The van der Waals surface area contributed by atoms with Crippen molar-refractivity contribution in [2.24, 2.45) is 0 Å². The SMILES string of the molecule is Cc1ccc(NC(=O)NCc2scc3c2CN([C@H]2CCCC(=O)NC2=O)C3=O)cn1. The molecule has 3 N–H and O–H groups in total. The van der Waals surface area contributed by atoms with Gasteiger partial charge in [0.1, 0.15) is 6.04 Å². The van der Waals surface area contributed by atoms with Gasteiger partial charge in [0.05, 0.1) is 24.0 Å². The van der Waals surface area contributed by atoms with E-state index in [-0.39, 0.29) is 30.8 Å². The maximum Gasteiger partial charge on any atom is 0.319 e. The van der Waals surface area contributed by atoms with E-state index in [0.717, 1.165) is 16.1 Å². The smallest absolute Gasteiger partial charge is 0.319 e. The zero-order valence-corrected chi connectivity index (χ0v) is 17.2. The molecule has 0 radical (unpaired) electrons. The molecule has 30 heavy (non-hydrogen) atoms. The van der Waals surface area contributed by atoms with E-state index in [0.29, 0.717) is 30.6 Å². The molecular weight excluding hydrogens is 406 g/mol. The molecule has 0 aliphatic carbocycles. The molecule has 156 valence electrons. The average Bonchev–Trinajstić information content (AvgIpc) is 3.20. The number of carbonyl (C=O) groups excluding carboxylic acids is 4. The lowest BCUT2D eigenvalue weighted by atomic mass is 10.1. The van der Waals surface area contributed by atoms with Crippen molar-refractivity contribution in [2.75, 3.05) is 5.32 Å². The van der Waals surface area contributed by atoms with Crippen LogP contribution in [0.5, 0.6) is 0 Å². The molecule has 5 amide bonds. The van der Waals surface area contributed by atoms with Crippen molar-refractivity contribution >= 4 is 40.8 Å². The molecule has 4 heterocycles. The first-order valence-corrected chi connectivity index (χ1v) is 10.5. The Kier molecular flexibility index (Phi) is 5.49. The van der Waals surface area contributed by atoms with E-state index in [1.807, 2.05) is 6.92 Å². The minimum absolute atomic E-state index is 0.211. The van der Waals surface area contributed by atoms with E-state index in [1.165, 1.54) is 16.2 Å². The summed E-state index contributed by atoms with van der Waals surface area (Å²) in [6, 6.07) is 2.55. The summed E-state index contributed by atoms with van der Waals surface area (Å²) in [5.41, 5.74) is 2.83. The number of fused-ring (bicyclic) bond motifs is 1. The molecule has 0 spiro atoms. The van der Waals surface area contributed by atoms with Gasteiger partial charge in [0.25, 0.3) is 5.91 Å². The van der Waals surface area contributed by atoms with Gasteiger partial charge in [0.2, 0.25) is 11.8 Å². The number of amides is 5. The van der Waals surface area contributed by atoms with E-state index in [2.05, 4.69) is 20.9 Å². The second-order valence-corrected chi connectivity index (χ2v) is 8.26. The van der Waals surface area contributed by atoms with Crippen molar-refractivity contribution in [3.63, 3.8) is 0 Å². The summed E-state index contributed by atoms with van der Waals surface area (Å²) in [6.45, 7) is 2.43. The summed E-state index contributed by atoms with van der Waals surface area (Å²) in [5.74, 6) is -0.939. The highest BCUT2D eigenvalue weighted by Crippen LogP contribution is 2.33. The van der Waals surface area contributed by atoms with Crippen LogP contribution in [0.4, 0.5) is 10.5 Å². The average molecular weight is 427 g/mol. The first-order valence-electron chi connectivity index (χ1n) is 9.64. The zero-order valence-electron chi connectivity index (χ0n) is 16.4. The Morgan fingerprint density at radius 1 is 1.33 bits per heavy atom. The van der Waals surface area contributed by atoms with E-state index in [9.17, 15) is 19.2 Å². The van der Waals surface area contributed by atoms with Crippen LogP contribution >= 0.6 is 11.3 Å².